The Morgan fingerprint density at radius 2 is 1.89 bits per heavy atom. The molecule has 0 bridgehead atoms. The molecule has 5 heteroatoms. The van der Waals surface area contributed by atoms with E-state index in [0.29, 0.717) is 24.2 Å². The first-order valence-electron chi connectivity index (χ1n) is 11.7. The number of rotatable bonds is 4. The predicted octanol–water partition coefficient (Wildman–Crippen LogP) is 2.45. The van der Waals surface area contributed by atoms with Crippen molar-refractivity contribution in [2.24, 2.45) is 35.0 Å². The third-order valence-corrected chi connectivity index (χ3v) is 8.78. The summed E-state index contributed by atoms with van der Waals surface area (Å²) in [6.07, 6.45) is 9.94. The predicted molar refractivity (Wildman–Crippen MR) is 108 cm³/mol. The lowest BCUT2D eigenvalue weighted by Crippen LogP contribution is -3.06. The van der Waals surface area contributed by atoms with Crippen molar-refractivity contribution in [2.45, 2.75) is 70.8 Å². The molecule has 0 aromatic rings. The number of amides is 1. The van der Waals surface area contributed by atoms with Crippen molar-refractivity contribution >= 4 is 11.9 Å². The Kier molecular flexibility index (Phi) is 5.74. The third-order valence-electron chi connectivity index (χ3n) is 8.78. The van der Waals surface area contributed by atoms with Crippen molar-refractivity contribution in [2.75, 3.05) is 27.2 Å². The fourth-order valence-corrected chi connectivity index (χ4v) is 7.30. The van der Waals surface area contributed by atoms with Crippen LogP contribution in [0.2, 0.25) is 0 Å². The van der Waals surface area contributed by atoms with E-state index in [2.05, 4.69) is 26.3 Å². The van der Waals surface area contributed by atoms with Crippen LogP contribution in [0.25, 0.3) is 0 Å². The van der Waals surface area contributed by atoms with Crippen LogP contribution in [0.5, 0.6) is 0 Å². The number of carbonyl (C=O) groups is 2. The molecule has 4 fully saturated rings. The molecular formula is C23H39N2O3+. The average Bonchev–Trinajstić information content (AvgIpc) is 2.96. The molecule has 4 aliphatic rings. The van der Waals surface area contributed by atoms with Gasteiger partial charge in [-0.1, -0.05) is 6.92 Å². The molecule has 0 aliphatic heterocycles. The number of carbonyl (C=O) groups excluding carboxylic acids is 2. The highest BCUT2D eigenvalue weighted by molar-refractivity contribution is 5.87. The first-order chi connectivity index (χ1) is 13.4. The van der Waals surface area contributed by atoms with Gasteiger partial charge >= 0.3 is 6.09 Å². The van der Waals surface area contributed by atoms with Crippen molar-refractivity contribution in [1.29, 1.82) is 0 Å². The minimum atomic E-state index is -0.240. The normalized spacial score (nSPS) is 42.5. The molecule has 4 aliphatic carbocycles. The van der Waals surface area contributed by atoms with Gasteiger partial charge in [0.05, 0.1) is 27.2 Å². The van der Waals surface area contributed by atoms with Crippen LogP contribution >= 0.6 is 0 Å². The molecule has 4 rings (SSSR count). The Morgan fingerprint density at radius 3 is 2.68 bits per heavy atom. The first kappa shape index (κ1) is 20.2. The van der Waals surface area contributed by atoms with Crippen molar-refractivity contribution in [3.05, 3.63) is 0 Å². The summed E-state index contributed by atoms with van der Waals surface area (Å²) in [5, 5.41) is 2.90. The molecule has 1 amide bonds. The highest BCUT2D eigenvalue weighted by Crippen LogP contribution is 2.61. The maximum atomic E-state index is 12.5. The zero-order valence-electron chi connectivity index (χ0n) is 18.0. The molecule has 7 unspecified atom stereocenters. The van der Waals surface area contributed by atoms with Crippen molar-refractivity contribution in [1.82, 2.24) is 5.32 Å². The van der Waals surface area contributed by atoms with Gasteiger partial charge in [-0.05, 0) is 81.0 Å². The van der Waals surface area contributed by atoms with Crippen LogP contribution in [-0.4, -0.2) is 45.2 Å². The Hall–Kier alpha value is -1.10. The average molecular weight is 392 g/mol. The molecule has 2 N–H and O–H groups in total. The van der Waals surface area contributed by atoms with E-state index in [1.807, 2.05) is 0 Å². The Labute approximate surface area is 169 Å². The van der Waals surface area contributed by atoms with Crippen LogP contribution in [-0.2, 0) is 9.53 Å². The summed E-state index contributed by atoms with van der Waals surface area (Å²) >= 11 is 0. The molecule has 4 saturated carbocycles. The van der Waals surface area contributed by atoms with Gasteiger partial charge in [-0.3, -0.25) is 4.79 Å². The number of ether oxygens (including phenoxy) is 1. The van der Waals surface area contributed by atoms with Crippen molar-refractivity contribution < 1.29 is 19.2 Å². The summed E-state index contributed by atoms with van der Waals surface area (Å²) in [6.45, 7) is 3.84. The Bertz CT molecular complexity index is 607. The lowest BCUT2D eigenvalue weighted by Gasteiger charge is -2.54. The second-order valence-electron chi connectivity index (χ2n) is 10.6. The SMILES string of the molecule is C[NH+](C)CCNC(=O)OC1CCC2C(CCC3C2CCC2(C)C(=O)CCC32)C1. The number of hydrogen-bond acceptors (Lipinski definition) is 3. The van der Waals surface area contributed by atoms with E-state index in [1.54, 1.807) is 0 Å². The van der Waals surface area contributed by atoms with E-state index >= 15 is 0 Å². The maximum absolute atomic E-state index is 12.5. The topological polar surface area (TPSA) is 59.8 Å². The van der Waals surface area contributed by atoms with E-state index < -0.39 is 0 Å². The van der Waals surface area contributed by atoms with Gasteiger partial charge in [0, 0.05) is 11.8 Å². The zero-order chi connectivity index (χ0) is 19.9. The van der Waals surface area contributed by atoms with Crippen LogP contribution in [0.1, 0.15) is 64.7 Å². The molecule has 0 aromatic carbocycles. The number of Topliss-reactive ketones (excluding diaryl/α,β-unsaturated/α-hetero) is 1. The molecule has 5 nitrogen and oxygen atoms in total. The lowest BCUT2D eigenvalue weighted by atomic mass is 9.50. The van der Waals surface area contributed by atoms with Crippen LogP contribution in [0, 0.1) is 35.0 Å². The number of alkyl carbamates (subject to hydrolysis) is 1. The molecule has 0 aromatic heterocycles. The minimum absolute atomic E-state index is 0.0132. The highest BCUT2D eigenvalue weighted by Gasteiger charge is 2.57. The van der Waals surface area contributed by atoms with E-state index in [9.17, 15) is 9.59 Å². The molecular weight excluding hydrogens is 352 g/mol. The molecule has 7 atom stereocenters. The third kappa shape index (κ3) is 3.71. The van der Waals surface area contributed by atoms with E-state index in [0.717, 1.165) is 56.4 Å². The van der Waals surface area contributed by atoms with Crippen LogP contribution in [0.15, 0.2) is 0 Å². The van der Waals surface area contributed by atoms with Gasteiger partial charge in [-0.15, -0.1) is 0 Å². The van der Waals surface area contributed by atoms with Crippen LogP contribution in [0.4, 0.5) is 4.79 Å². The van der Waals surface area contributed by atoms with Crippen LogP contribution in [0.3, 0.4) is 0 Å². The number of nitrogens with one attached hydrogen (secondary N) is 2. The van der Waals surface area contributed by atoms with Gasteiger partial charge in [0.15, 0.2) is 0 Å². The summed E-state index contributed by atoms with van der Waals surface area (Å²) in [5.41, 5.74) is -0.0132. The van der Waals surface area contributed by atoms with Gasteiger partial charge < -0.3 is 15.0 Å². The standard InChI is InChI=1S/C23H38N2O3/c1-23-11-10-18-17-7-5-16(28-22(27)24-12-13-25(2)3)14-15(17)4-6-19(18)20(23)8-9-21(23)26/h15-20H,4-14H2,1-3H3,(H,24,27)/p+1. The van der Waals surface area contributed by atoms with Gasteiger partial charge in [-0.2, -0.15) is 0 Å². The summed E-state index contributed by atoms with van der Waals surface area (Å²) in [7, 11) is 4.17. The highest BCUT2D eigenvalue weighted by atomic mass is 16.6. The second kappa shape index (κ2) is 7.97. The minimum Gasteiger partial charge on any atom is -0.446 e. The molecule has 0 saturated heterocycles. The molecule has 0 spiro atoms. The van der Waals surface area contributed by atoms with Gasteiger partial charge in [0.25, 0.3) is 0 Å². The van der Waals surface area contributed by atoms with E-state index in [-0.39, 0.29) is 17.6 Å². The molecule has 0 heterocycles. The van der Waals surface area contributed by atoms with Gasteiger partial charge in [0.1, 0.15) is 11.9 Å². The fraction of sp³-hybridized carbons (Fsp3) is 0.913. The summed E-state index contributed by atoms with van der Waals surface area (Å²) in [6, 6.07) is 0. The second-order valence-corrected chi connectivity index (χ2v) is 10.6. The lowest BCUT2D eigenvalue weighted by molar-refractivity contribution is -0.856. The molecule has 0 radical (unpaired) electrons. The number of likely N-dealkylation sites (N-methyl/N-ethyl adjacent to an activating group) is 1. The molecule has 158 valence electrons. The zero-order valence-corrected chi connectivity index (χ0v) is 18.0. The number of quaternary nitrogens is 1. The van der Waals surface area contributed by atoms with Crippen molar-refractivity contribution in [3.63, 3.8) is 0 Å². The first-order valence-corrected chi connectivity index (χ1v) is 11.7. The number of fused-ring (bicyclic) bond motifs is 5. The van der Waals surface area contributed by atoms with E-state index in [1.165, 1.54) is 30.6 Å². The maximum Gasteiger partial charge on any atom is 0.407 e. The summed E-state index contributed by atoms with van der Waals surface area (Å²) in [4.78, 5) is 25.9. The molecule has 28 heavy (non-hydrogen) atoms. The van der Waals surface area contributed by atoms with Crippen molar-refractivity contribution in [3.8, 4) is 0 Å². The van der Waals surface area contributed by atoms with E-state index in [4.69, 9.17) is 4.74 Å². The summed E-state index contributed by atoms with van der Waals surface area (Å²) in [5.74, 6) is 4.25. The number of hydrogen-bond donors (Lipinski definition) is 2. The smallest absolute Gasteiger partial charge is 0.407 e. The largest absolute Gasteiger partial charge is 0.446 e. The fourth-order valence-electron chi connectivity index (χ4n) is 7.30. The quantitative estimate of drug-likeness (QED) is 0.774. The van der Waals surface area contributed by atoms with Gasteiger partial charge in [0.2, 0.25) is 0 Å². The Balaban J connectivity index is 1.31. The van der Waals surface area contributed by atoms with Crippen LogP contribution < -0.4 is 10.2 Å². The Morgan fingerprint density at radius 1 is 1.11 bits per heavy atom. The van der Waals surface area contributed by atoms with Gasteiger partial charge in [-0.25, -0.2) is 4.79 Å². The summed E-state index contributed by atoms with van der Waals surface area (Å²) < 4.78 is 5.75. The number of ketones is 1. The monoisotopic (exact) mass is 391 g/mol.